The third-order valence-corrected chi connectivity index (χ3v) is 3.25. The second-order valence-corrected chi connectivity index (χ2v) is 5.28. The van der Waals surface area contributed by atoms with Gasteiger partial charge < -0.3 is 10.1 Å². The van der Waals surface area contributed by atoms with E-state index in [1.807, 2.05) is 6.92 Å². The van der Waals surface area contributed by atoms with Crippen LogP contribution in [0.2, 0.25) is 5.02 Å². The molecule has 0 amide bonds. The van der Waals surface area contributed by atoms with E-state index in [1.54, 1.807) is 24.3 Å². The van der Waals surface area contributed by atoms with Crippen LogP contribution in [0.1, 0.15) is 42.0 Å². The van der Waals surface area contributed by atoms with Gasteiger partial charge in [0.1, 0.15) is 0 Å². The van der Waals surface area contributed by atoms with E-state index in [4.69, 9.17) is 16.3 Å². The molecular formula is C15H17ClN4O3. The molecule has 0 aliphatic heterocycles. The summed E-state index contributed by atoms with van der Waals surface area (Å²) in [6.45, 7) is 3.62. The molecule has 2 rings (SSSR count). The average Bonchev–Trinajstić information content (AvgIpc) is 2.93. The highest BCUT2D eigenvalue weighted by molar-refractivity contribution is 6.30. The minimum absolute atomic E-state index is 0.0359. The number of hydrogen-bond acceptors (Lipinski definition) is 6. The van der Waals surface area contributed by atoms with Gasteiger partial charge in [-0.1, -0.05) is 30.2 Å². The van der Waals surface area contributed by atoms with E-state index in [9.17, 15) is 9.59 Å². The van der Waals surface area contributed by atoms with Crippen LogP contribution in [-0.2, 0) is 4.74 Å². The van der Waals surface area contributed by atoms with E-state index in [0.29, 0.717) is 17.3 Å². The highest BCUT2D eigenvalue weighted by Gasteiger charge is 2.23. The summed E-state index contributed by atoms with van der Waals surface area (Å²) < 4.78 is 6.15. The zero-order chi connectivity index (χ0) is 16.8. The van der Waals surface area contributed by atoms with Crippen LogP contribution in [-0.4, -0.2) is 33.5 Å². The van der Waals surface area contributed by atoms with Crippen molar-refractivity contribution in [3.05, 3.63) is 35.0 Å². The van der Waals surface area contributed by atoms with E-state index in [2.05, 4.69) is 15.6 Å². The third-order valence-electron chi connectivity index (χ3n) is 3.00. The Bertz CT molecular complexity index is 697. The number of carbonyl (C=O) groups is 2. The molecule has 7 nitrogen and oxygen atoms in total. The Morgan fingerprint density at radius 1 is 1.30 bits per heavy atom. The summed E-state index contributed by atoms with van der Waals surface area (Å²) >= 11 is 5.84. The van der Waals surface area contributed by atoms with Crippen LogP contribution in [0.25, 0.3) is 0 Å². The molecule has 1 aromatic heterocycles. The van der Waals surface area contributed by atoms with Crippen molar-refractivity contribution in [2.45, 2.75) is 26.7 Å². The number of aromatic nitrogens is 3. The molecule has 1 aromatic carbocycles. The molecule has 1 N–H and O–H groups in total. The molecule has 0 bridgehead atoms. The first-order valence-corrected chi connectivity index (χ1v) is 7.57. The molecule has 23 heavy (non-hydrogen) atoms. The van der Waals surface area contributed by atoms with Gasteiger partial charge in [0.15, 0.2) is 5.82 Å². The van der Waals surface area contributed by atoms with Gasteiger partial charge in [-0.05, 0) is 30.7 Å². The molecule has 122 valence electrons. The number of nitrogens with one attached hydrogen (secondary N) is 1. The number of benzene rings is 1. The van der Waals surface area contributed by atoms with Crippen molar-refractivity contribution >= 4 is 35.0 Å². The van der Waals surface area contributed by atoms with Crippen molar-refractivity contribution in [3.63, 3.8) is 0 Å². The first kappa shape index (κ1) is 17.0. The van der Waals surface area contributed by atoms with E-state index >= 15 is 0 Å². The lowest BCUT2D eigenvalue weighted by molar-refractivity contribution is 0.0494. The number of anilines is 2. The van der Waals surface area contributed by atoms with Crippen molar-refractivity contribution in [2.75, 3.05) is 11.9 Å². The Morgan fingerprint density at radius 2 is 2.00 bits per heavy atom. The lowest BCUT2D eigenvalue weighted by atomic mass is 10.3. The summed E-state index contributed by atoms with van der Waals surface area (Å²) in [6, 6.07) is 6.80. The molecule has 0 unspecified atom stereocenters. The van der Waals surface area contributed by atoms with Crippen molar-refractivity contribution in [1.29, 1.82) is 0 Å². The molecule has 0 saturated heterocycles. The monoisotopic (exact) mass is 336 g/mol. The summed E-state index contributed by atoms with van der Waals surface area (Å²) in [5.74, 6) is -0.828. The standard InChI is InChI=1S/C15H17ClN4O3/c1-3-4-9-23-15(22)13-14(20(10(2)21)19-18-13)17-12-7-5-11(16)6-8-12/h5-8,17H,3-4,9H2,1-2H3. The van der Waals surface area contributed by atoms with Crippen LogP contribution in [0.15, 0.2) is 24.3 Å². The second kappa shape index (κ2) is 7.73. The van der Waals surface area contributed by atoms with E-state index in [-0.39, 0.29) is 17.4 Å². The fourth-order valence-electron chi connectivity index (χ4n) is 1.80. The average molecular weight is 337 g/mol. The van der Waals surface area contributed by atoms with Crippen LogP contribution in [0.4, 0.5) is 11.5 Å². The number of carbonyl (C=O) groups excluding carboxylic acids is 2. The summed E-state index contributed by atoms with van der Waals surface area (Å²) in [5, 5.41) is 11.0. The zero-order valence-corrected chi connectivity index (χ0v) is 13.6. The van der Waals surface area contributed by atoms with Gasteiger partial charge >= 0.3 is 5.97 Å². The van der Waals surface area contributed by atoms with Gasteiger partial charge in [-0.2, -0.15) is 4.68 Å². The van der Waals surface area contributed by atoms with Crippen molar-refractivity contribution in [1.82, 2.24) is 15.0 Å². The number of esters is 1. The predicted molar refractivity (Wildman–Crippen MR) is 86.2 cm³/mol. The smallest absolute Gasteiger partial charge is 0.362 e. The summed E-state index contributed by atoms with van der Waals surface area (Å²) in [6.07, 6.45) is 1.66. The summed E-state index contributed by atoms with van der Waals surface area (Å²) in [4.78, 5) is 23.8. The highest BCUT2D eigenvalue weighted by Crippen LogP contribution is 2.22. The Hall–Kier alpha value is -2.41. The first-order chi connectivity index (χ1) is 11.0. The molecular weight excluding hydrogens is 320 g/mol. The second-order valence-electron chi connectivity index (χ2n) is 4.84. The van der Waals surface area contributed by atoms with Crippen LogP contribution < -0.4 is 5.32 Å². The van der Waals surface area contributed by atoms with E-state index < -0.39 is 5.97 Å². The number of rotatable bonds is 6. The molecule has 0 aliphatic carbocycles. The molecule has 2 aromatic rings. The lowest BCUT2D eigenvalue weighted by Crippen LogP contribution is -2.14. The minimum atomic E-state index is -0.623. The van der Waals surface area contributed by atoms with Crippen molar-refractivity contribution < 1.29 is 14.3 Å². The first-order valence-electron chi connectivity index (χ1n) is 7.19. The Labute approximate surface area is 138 Å². The number of hydrogen-bond donors (Lipinski definition) is 1. The Balaban J connectivity index is 2.27. The fraction of sp³-hybridized carbons (Fsp3) is 0.333. The molecule has 0 aliphatic rings. The van der Waals surface area contributed by atoms with Crippen LogP contribution in [0.5, 0.6) is 0 Å². The molecule has 8 heteroatoms. The van der Waals surface area contributed by atoms with Crippen LogP contribution in [0, 0.1) is 0 Å². The van der Waals surface area contributed by atoms with Crippen molar-refractivity contribution in [2.24, 2.45) is 0 Å². The minimum Gasteiger partial charge on any atom is -0.461 e. The SMILES string of the molecule is CCCCOC(=O)c1nnn(C(C)=O)c1Nc1ccc(Cl)cc1. The van der Waals surface area contributed by atoms with Crippen LogP contribution >= 0.6 is 11.6 Å². The van der Waals surface area contributed by atoms with Gasteiger partial charge in [-0.3, -0.25) is 4.79 Å². The maximum atomic E-state index is 12.1. The van der Waals surface area contributed by atoms with E-state index in [0.717, 1.165) is 17.5 Å². The maximum Gasteiger partial charge on any atom is 0.362 e. The number of ether oxygens (including phenoxy) is 1. The molecule has 0 radical (unpaired) electrons. The molecule has 0 spiro atoms. The normalized spacial score (nSPS) is 10.4. The third kappa shape index (κ3) is 4.29. The molecule has 0 fully saturated rings. The zero-order valence-electron chi connectivity index (χ0n) is 12.9. The summed E-state index contributed by atoms with van der Waals surface area (Å²) in [5.41, 5.74) is 0.605. The summed E-state index contributed by atoms with van der Waals surface area (Å²) in [7, 11) is 0. The lowest BCUT2D eigenvalue weighted by Gasteiger charge is -2.09. The number of halogens is 1. The van der Waals surface area contributed by atoms with Crippen LogP contribution in [0.3, 0.4) is 0 Å². The van der Waals surface area contributed by atoms with E-state index in [1.165, 1.54) is 6.92 Å². The number of nitrogens with zero attached hydrogens (tertiary/aromatic N) is 3. The van der Waals surface area contributed by atoms with Gasteiger partial charge in [-0.25, -0.2) is 4.79 Å². The number of unbranched alkanes of at least 4 members (excludes halogenated alkanes) is 1. The highest BCUT2D eigenvalue weighted by atomic mass is 35.5. The van der Waals surface area contributed by atoms with Gasteiger partial charge in [0.05, 0.1) is 6.61 Å². The maximum absolute atomic E-state index is 12.1. The Morgan fingerprint density at radius 3 is 2.61 bits per heavy atom. The molecule has 0 saturated carbocycles. The largest absolute Gasteiger partial charge is 0.461 e. The Kier molecular flexibility index (Phi) is 5.70. The van der Waals surface area contributed by atoms with Gasteiger partial charge in [0.2, 0.25) is 11.6 Å². The van der Waals surface area contributed by atoms with Crippen molar-refractivity contribution in [3.8, 4) is 0 Å². The molecule has 1 heterocycles. The van der Waals surface area contributed by atoms with Gasteiger partial charge in [0, 0.05) is 17.6 Å². The molecule has 0 atom stereocenters. The van der Waals surface area contributed by atoms with Gasteiger partial charge in [0.25, 0.3) is 0 Å². The topological polar surface area (TPSA) is 86.1 Å². The predicted octanol–water partition coefficient (Wildman–Crippen LogP) is 3.29. The quantitative estimate of drug-likeness (QED) is 0.643. The van der Waals surface area contributed by atoms with Gasteiger partial charge in [-0.15, -0.1) is 5.10 Å². The fourth-order valence-corrected chi connectivity index (χ4v) is 1.93.